The topological polar surface area (TPSA) is 88.2 Å². The summed E-state index contributed by atoms with van der Waals surface area (Å²) in [4.78, 5) is 15.7. The lowest BCUT2D eigenvalue weighted by Crippen LogP contribution is -2.42. The highest BCUT2D eigenvalue weighted by Crippen LogP contribution is 2.17. The van der Waals surface area contributed by atoms with Gasteiger partial charge in [0.2, 0.25) is 0 Å². The van der Waals surface area contributed by atoms with Gasteiger partial charge in [0.25, 0.3) is 5.91 Å². The summed E-state index contributed by atoms with van der Waals surface area (Å²) in [5, 5.41) is 12.8. The van der Waals surface area contributed by atoms with Crippen molar-refractivity contribution in [2.24, 2.45) is 0 Å². The minimum absolute atomic E-state index is 0.0956. The smallest absolute Gasteiger partial charge is 0.254 e. The molecule has 0 aliphatic heterocycles. The molecule has 0 atom stereocenters. The standard InChI is InChI=1S/C12H18ClN3O2/c1-3-12(18,4-2)7-16-11(17)9-5-8(14)6-15-10(9)13/h5-6,18H,3-4,7,14H2,1-2H3,(H,16,17). The third-order valence-electron chi connectivity index (χ3n) is 3.00. The fraction of sp³-hybridized carbons (Fsp3) is 0.500. The Morgan fingerprint density at radius 2 is 2.17 bits per heavy atom. The summed E-state index contributed by atoms with van der Waals surface area (Å²) in [5.41, 5.74) is 5.24. The highest BCUT2D eigenvalue weighted by atomic mass is 35.5. The zero-order chi connectivity index (χ0) is 13.8. The molecule has 1 rings (SSSR count). The van der Waals surface area contributed by atoms with Crippen molar-refractivity contribution < 1.29 is 9.90 Å². The van der Waals surface area contributed by atoms with Gasteiger partial charge in [-0.25, -0.2) is 4.98 Å². The van der Waals surface area contributed by atoms with Gasteiger partial charge >= 0.3 is 0 Å². The van der Waals surface area contributed by atoms with E-state index < -0.39 is 5.60 Å². The van der Waals surface area contributed by atoms with E-state index in [1.807, 2.05) is 13.8 Å². The fourth-order valence-electron chi connectivity index (χ4n) is 1.46. The number of aromatic nitrogens is 1. The predicted molar refractivity (Wildman–Crippen MR) is 71.5 cm³/mol. The Morgan fingerprint density at radius 1 is 1.56 bits per heavy atom. The van der Waals surface area contributed by atoms with Gasteiger partial charge in [-0.05, 0) is 18.9 Å². The monoisotopic (exact) mass is 271 g/mol. The number of amides is 1. The Bertz CT molecular complexity index is 433. The molecule has 0 saturated carbocycles. The lowest BCUT2D eigenvalue weighted by Gasteiger charge is -2.25. The van der Waals surface area contributed by atoms with E-state index in [1.54, 1.807) is 0 Å². The van der Waals surface area contributed by atoms with Gasteiger partial charge in [-0.3, -0.25) is 4.79 Å². The molecule has 1 amide bonds. The average Bonchev–Trinajstić information content (AvgIpc) is 2.38. The van der Waals surface area contributed by atoms with Crippen molar-refractivity contribution in [2.75, 3.05) is 12.3 Å². The quantitative estimate of drug-likeness (QED) is 0.710. The van der Waals surface area contributed by atoms with Crippen molar-refractivity contribution in [1.29, 1.82) is 0 Å². The van der Waals surface area contributed by atoms with Gasteiger partial charge in [-0.2, -0.15) is 0 Å². The lowest BCUT2D eigenvalue weighted by molar-refractivity contribution is 0.0314. The Kier molecular flexibility index (Phi) is 4.93. The van der Waals surface area contributed by atoms with Crippen LogP contribution in [-0.4, -0.2) is 28.1 Å². The van der Waals surface area contributed by atoms with Crippen LogP contribution >= 0.6 is 11.6 Å². The van der Waals surface area contributed by atoms with E-state index in [0.29, 0.717) is 18.5 Å². The molecule has 0 aliphatic carbocycles. The Labute approximate surface area is 111 Å². The number of nitrogens with zero attached hydrogens (tertiary/aromatic N) is 1. The van der Waals surface area contributed by atoms with Crippen LogP contribution < -0.4 is 11.1 Å². The molecule has 0 aliphatic rings. The number of nitrogens with two attached hydrogens (primary N) is 1. The van der Waals surface area contributed by atoms with Gasteiger partial charge in [-0.1, -0.05) is 25.4 Å². The van der Waals surface area contributed by atoms with Crippen LogP contribution in [0, 0.1) is 0 Å². The highest BCUT2D eigenvalue weighted by molar-refractivity contribution is 6.32. The summed E-state index contributed by atoms with van der Waals surface area (Å²) in [5.74, 6) is -0.389. The van der Waals surface area contributed by atoms with Crippen LogP contribution in [0.4, 0.5) is 5.69 Å². The molecular formula is C12H18ClN3O2. The second-order valence-corrected chi connectivity index (χ2v) is 4.58. The third-order valence-corrected chi connectivity index (χ3v) is 3.30. The van der Waals surface area contributed by atoms with E-state index in [2.05, 4.69) is 10.3 Å². The number of carbonyl (C=O) groups excluding carboxylic acids is 1. The predicted octanol–water partition coefficient (Wildman–Crippen LogP) is 1.60. The van der Waals surface area contributed by atoms with Crippen molar-refractivity contribution in [3.05, 3.63) is 23.0 Å². The Morgan fingerprint density at radius 3 is 2.72 bits per heavy atom. The van der Waals surface area contributed by atoms with Crippen LogP contribution in [0.5, 0.6) is 0 Å². The SMILES string of the molecule is CCC(O)(CC)CNC(=O)c1cc(N)cnc1Cl. The third kappa shape index (κ3) is 3.58. The van der Waals surface area contributed by atoms with Crippen molar-refractivity contribution in [3.63, 3.8) is 0 Å². The maximum Gasteiger partial charge on any atom is 0.254 e. The molecule has 0 radical (unpaired) electrons. The highest BCUT2D eigenvalue weighted by Gasteiger charge is 2.23. The molecule has 1 heterocycles. The van der Waals surface area contributed by atoms with Crippen molar-refractivity contribution in [1.82, 2.24) is 10.3 Å². The van der Waals surface area contributed by atoms with E-state index in [-0.39, 0.29) is 23.2 Å². The van der Waals surface area contributed by atoms with E-state index >= 15 is 0 Å². The largest absolute Gasteiger partial charge is 0.397 e. The molecule has 0 saturated heterocycles. The van der Waals surface area contributed by atoms with Gasteiger partial charge in [0, 0.05) is 6.54 Å². The van der Waals surface area contributed by atoms with Crippen molar-refractivity contribution >= 4 is 23.2 Å². The van der Waals surface area contributed by atoms with Crippen LogP contribution in [0.2, 0.25) is 5.15 Å². The van der Waals surface area contributed by atoms with Gasteiger partial charge < -0.3 is 16.2 Å². The number of halogens is 1. The molecule has 0 aromatic carbocycles. The summed E-state index contributed by atoms with van der Waals surface area (Å²) in [6.07, 6.45) is 2.51. The number of anilines is 1. The maximum absolute atomic E-state index is 11.9. The molecule has 0 spiro atoms. The molecule has 4 N–H and O–H groups in total. The van der Waals surface area contributed by atoms with Crippen LogP contribution in [0.25, 0.3) is 0 Å². The first kappa shape index (κ1) is 14.7. The van der Waals surface area contributed by atoms with E-state index in [1.165, 1.54) is 12.3 Å². The number of aliphatic hydroxyl groups is 1. The maximum atomic E-state index is 11.9. The van der Waals surface area contributed by atoms with Crippen molar-refractivity contribution in [3.8, 4) is 0 Å². The first-order valence-corrected chi connectivity index (χ1v) is 6.21. The minimum atomic E-state index is -0.893. The van der Waals surface area contributed by atoms with Gasteiger partial charge in [0.05, 0.1) is 23.0 Å². The molecule has 1 aromatic rings. The minimum Gasteiger partial charge on any atom is -0.397 e. The second-order valence-electron chi connectivity index (χ2n) is 4.22. The van der Waals surface area contributed by atoms with Crippen LogP contribution in [-0.2, 0) is 0 Å². The number of pyridine rings is 1. The number of hydrogen-bond donors (Lipinski definition) is 3. The Balaban J connectivity index is 2.74. The van der Waals surface area contributed by atoms with Gasteiger partial charge in [0.1, 0.15) is 5.15 Å². The Hall–Kier alpha value is -1.33. The zero-order valence-electron chi connectivity index (χ0n) is 10.5. The first-order chi connectivity index (χ1) is 8.41. The molecule has 0 bridgehead atoms. The van der Waals surface area contributed by atoms with Crippen LogP contribution in [0.3, 0.4) is 0 Å². The number of nitrogen functional groups attached to an aromatic ring is 1. The number of nitrogens with one attached hydrogen (secondary N) is 1. The summed E-state index contributed by atoms with van der Waals surface area (Å²) in [7, 11) is 0. The van der Waals surface area contributed by atoms with Crippen molar-refractivity contribution in [2.45, 2.75) is 32.3 Å². The van der Waals surface area contributed by atoms with E-state index in [4.69, 9.17) is 17.3 Å². The van der Waals surface area contributed by atoms with Crippen LogP contribution in [0.1, 0.15) is 37.0 Å². The molecule has 100 valence electrons. The number of hydrogen-bond acceptors (Lipinski definition) is 4. The molecule has 18 heavy (non-hydrogen) atoms. The normalized spacial score (nSPS) is 11.3. The summed E-state index contributed by atoms with van der Waals surface area (Å²) < 4.78 is 0. The zero-order valence-corrected chi connectivity index (χ0v) is 11.3. The summed E-state index contributed by atoms with van der Waals surface area (Å²) in [6.45, 7) is 3.90. The summed E-state index contributed by atoms with van der Waals surface area (Å²) in [6, 6.07) is 1.46. The number of carbonyl (C=O) groups is 1. The second kappa shape index (κ2) is 6.02. The molecule has 5 nitrogen and oxygen atoms in total. The molecular weight excluding hydrogens is 254 g/mol. The molecule has 1 aromatic heterocycles. The summed E-state index contributed by atoms with van der Waals surface area (Å²) >= 11 is 5.82. The van der Waals surface area contributed by atoms with E-state index in [0.717, 1.165) is 0 Å². The first-order valence-electron chi connectivity index (χ1n) is 5.83. The molecule has 0 unspecified atom stereocenters. The fourth-order valence-corrected chi connectivity index (χ4v) is 1.65. The van der Waals surface area contributed by atoms with Gasteiger partial charge in [0.15, 0.2) is 0 Å². The molecule has 6 heteroatoms. The van der Waals surface area contributed by atoms with Gasteiger partial charge in [-0.15, -0.1) is 0 Å². The average molecular weight is 272 g/mol. The number of rotatable bonds is 5. The van der Waals surface area contributed by atoms with E-state index in [9.17, 15) is 9.90 Å². The lowest BCUT2D eigenvalue weighted by atomic mass is 9.97. The molecule has 0 fully saturated rings. The van der Waals surface area contributed by atoms with Crippen LogP contribution in [0.15, 0.2) is 12.3 Å².